The van der Waals surface area contributed by atoms with Gasteiger partial charge in [-0.25, -0.2) is 4.79 Å². The summed E-state index contributed by atoms with van der Waals surface area (Å²) in [4.78, 5) is 17.6. The Labute approximate surface area is 89.7 Å². The number of hydrogen-bond donors (Lipinski definition) is 1. The van der Waals surface area contributed by atoms with Crippen LogP contribution in [0.5, 0.6) is 0 Å². The number of aromatic amines is 1. The number of nitrogens with zero attached hydrogens (tertiary/aromatic N) is 2. The maximum atomic E-state index is 10.9. The molecular formula is C11H7N3O2. The lowest BCUT2D eigenvalue weighted by Gasteiger charge is -2.00. The molecule has 0 fully saturated rings. The average molecular weight is 213 g/mol. The van der Waals surface area contributed by atoms with Crippen LogP contribution in [0.25, 0.3) is 22.3 Å². The first-order chi connectivity index (χ1) is 7.84. The number of nitrogens with one attached hydrogen (secondary N) is 1. The van der Waals surface area contributed by atoms with E-state index < -0.39 is 5.76 Å². The average Bonchev–Trinajstić information content (AvgIpc) is 2.75. The minimum atomic E-state index is -0.579. The zero-order valence-corrected chi connectivity index (χ0v) is 8.18. The molecule has 0 aliphatic rings. The highest BCUT2D eigenvalue weighted by Crippen LogP contribution is 2.22. The van der Waals surface area contributed by atoms with Crippen LogP contribution in [0.15, 0.2) is 45.8 Å². The molecule has 0 radical (unpaired) electrons. The zero-order valence-electron chi connectivity index (χ0n) is 8.18. The van der Waals surface area contributed by atoms with Gasteiger partial charge in [0.1, 0.15) is 5.69 Å². The van der Waals surface area contributed by atoms with Crippen molar-refractivity contribution < 1.29 is 4.52 Å². The van der Waals surface area contributed by atoms with Gasteiger partial charge in [0.15, 0.2) is 0 Å². The normalized spacial score (nSPS) is 10.8. The second kappa shape index (κ2) is 3.30. The number of benzene rings is 1. The third-order valence-electron chi connectivity index (χ3n) is 2.34. The summed E-state index contributed by atoms with van der Waals surface area (Å²) in [5.41, 5.74) is 0.615. The van der Waals surface area contributed by atoms with Crippen LogP contribution in [0.2, 0.25) is 0 Å². The molecule has 78 valence electrons. The molecule has 0 bridgehead atoms. The highest BCUT2D eigenvalue weighted by molar-refractivity contribution is 5.92. The number of H-pyrrole nitrogens is 1. The molecule has 0 saturated heterocycles. The van der Waals surface area contributed by atoms with E-state index in [0.717, 1.165) is 10.8 Å². The number of aromatic nitrogens is 3. The highest BCUT2D eigenvalue weighted by Gasteiger charge is 2.09. The fraction of sp³-hybridized carbons (Fsp3) is 0. The highest BCUT2D eigenvalue weighted by atomic mass is 16.5. The molecule has 0 saturated carbocycles. The maximum Gasteiger partial charge on any atom is 0.439 e. The van der Waals surface area contributed by atoms with Gasteiger partial charge in [0, 0.05) is 11.6 Å². The first kappa shape index (κ1) is 8.84. The Morgan fingerprint density at radius 1 is 1.19 bits per heavy atom. The Balaban J connectivity index is 2.35. The van der Waals surface area contributed by atoms with Crippen LogP contribution in [0.1, 0.15) is 0 Å². The molecule has 16 heavy (non-hydrogen) atoms. The quantitative estimate of drug-likeness (QED) is 0.666. The van der Waals surface area contributed by atoms with Crippen LogP contribution in [-0.4, -0.2) is 15.1 Å². The van der Waals surface area contributed by atoms with E-state index in [-0.39, 0.29) is 0 Å². The molecule has 2 aromatic heterocycles. The van der Waals surface area contributed by atoms with Crippen LogP contribution in [-0.2, 0) is 0 Å². The lowest BCUT2D eigenvalue weighted by Crippen LogP contribution is -1.95. The van der Waals surface area contributed by atoms with Crippen molar-refractivity contribution in [2.45, 2.75) is 0 Å². The Morgan fingerprint density at radius 2 is 2.06 bits per heavy atom. The molecule has 3 rings (SSSR count). The Bertz CT molecular complexity index is 694. The van der Waals surface area contributed by atoms with Crippen LogP contribution in [0, 0.1) is 0 Å². The molecule has 0 atom stereocenters. The summed E-state index contributed by atoms with van der Waals surface area (Å²) in [5, 5.41) is 5.59. The van der Waals surface area contributed by atoms with Crippen molar-refractivity contribution in [3.8, 4) is 11.5 Å². The Morgan fingerprint density at radius 3 is 2.88 bits per heavy atom. The minimum Gasteiger partial charge on any atom is -0.296 e. The van der Waals surface area contributed by atoms with E-state index in [4.69, 9.17) is 0 Å². The Kier molecular flexibility index (Phi) is 1.83. The SMILES string of the molecule is O=c1[nH]c(-c2nccc3ccccc23)no1. The van der Waals surface area contributed by atoms with Crippen molar-refractivity contribution >= 4 is 10.8 Å². The van der Waals surface area contributed by atoms with Crippen molar-refractivity contribution in [2.24, 2.45) is 0 Å². The minimum absolute atomic E-state index is 0.349. The summed E-state index contributed by atoms with van der Waals surface area (Å²) in [6.07, 6.45) is 1.67. The second-order valence-electron chi connectivity index (χ2n) is 3.32. The van der Waals surface area contributed by atoms with E-state index >= 15 is 0 Å². The summed E-state index contributed by atoms with van der Waals surface area (Å²) in [6.45, 7) is 0. The predicted octanol–water partition coefficient (Wildman–Crippen LogP) is 1.58. The number of hydrogen-bond acceptors (Lipinski definition) is 4. The van der Waals surface area contributed by atoms with E-state index in [1.807, 2.05) is 30.3 Å². The van der Waals surface area contributed by atoms with Crippen molar-refractivity contribution in [1.82, 2.24) is 15.1 Å². The van der Waals surface area contributed by atoms with E-state index in [2.05, 4.69) is 19.6 Å². The summed E-state index contributed by atoms with van der Waals surface area (Å²) in [6, 6.07) is 9.64. The first-order valence-corrected chi connectivity index (χ1v) is 4.75. The van der Waals surface area contributed by atoms with Gasteiger partial charge >= 0.3 is 5.76 Å². The van der Waals surface area contributed by atoms with Crippen LogP contribution < -0.4 is 5.76 Å². The monoisotopic (exact) mass is 213 g/mol. The molecule has 0 amide bonds. The van der Waals surface area contributed by atoms with Crippen molar-refractivity contribution in [3.63, 3.8) is 0 Å². The third kappa shape index (κ3) is 1.30. The van der Waals surface area contributed by atoms with Crippen LogP contribution in [0.4, 0.5) is 0 Å². The van der Waals surface area contributed by atoms with Gasteiger partial charge in [0.25, 0.3) is 0 Å². The molecule has 3 aromatic rings. The van der Waals surface area contributed by atoms with Gasteiger partial charge in [-0.3, -0.25) is 14.5 Å². The maximum absolute atomic E-state index is 10.9. The summed E-state index contributed by atoms with van der Waals surface area (Å²) < 4.78 is 4.47. The van der Waals surface area contributed by atoms with E-state index in [9.17, 15) is 4.79 Å². The largest absolute Gasteiger partial charge is 0.439 e. The van der Waals surface area contributed by atoms with Crippen molar-refractivity contribution in [2.75, 3.05) is 0 Å². The number of pyridine rings is 1. The predicted molar refractivity (Wildman–Crippen MR) is 57.9 cm³/mol. The van der Waals surface area contributed by atoms with Gasteiger partial charge in [-0.2, -0.15) is 0 Å². The molecular weight excluding hydrogens is 206 g/mol. The summed E-state index contributed by atoms with van der Waals surface area (Å²) in [5.74, 6) is -0.230. The van der Waals surface area contributed by atoms with E-state index in [1.54, 1.807) is 6.20 Å². The molecule has 2 heterocycles. The topological polar surface area (TPSA) is 71.8 Å². The molecule has 0 unspecified atom stereocenters. The van der Waals surface area contributed by atoms with E-state index in [0.29, 0.717) is 11.5 Å². The molecule has 1 N–H and O–H groups in total. The fourth-order valence-corrected chi connectivity index (χ4v) is 1.64. The van der Waals surface area contributed by atoms with Gasteiger partial charge in [-0.1, -0.05) is 29.4 Å². The summed E-state index contributed by atoms with van der Waals surface area (Å²) in [7, 11) is 0. The molecule has 5 heteroatoms. The van der Waals surface area contributed by atoms with E-state index in [1.165, 1.54) is 0 Å². The molecule has 0 aliphatic carbocycles. The van der Waals surface area contributed by atoms with Crippen molar-refractivity contribution in [3.05, 3.63) is 47.1 Å². The first-order valence-electron chi connectivity index (χ1n) is 4.75. The molecule has 1 aromatic carbocycles. The molecule has 0 spiro atoms. The van der Waals surface area contributed by atoms with Gasteiger partial charge in [-0.15, -0.1) is 0 Å². The van der Waals surface area contributed by atoms with Gasteiger partial charge in [0.05, 0.1) is 0 Å². The second-order valence-corrected chi connectivity index (χ2v) is 3.32. The standard InChI is InChI=1S/C11H7N3O2/c15-11-13-10(14-16-11)9-8-4-2-1-3-7(8)5-6-12-9/h1-6H,(H,13,14,15). The zero-order chi connectivity index (χ0) is 11.0. The van der Waals surface area contributed by atoms with Crippen molar-refractivity contribution in [1.29, 1.82) is 0 Å². The van der Waals surface area contributed by atoms with Crippen LogP contribution in [0.3, 0.4) is 0 Å². The van der Waals surface area contributed by atoms with Gasteiger partial charge < -0.3 is 0 Å². The van der Waals surface area contributed by atoms with Gasteiger partial charge in [-0.05, 0) is 11.5 Å². The smallest absolute Gasteiger partial charge is 0.296 e. The molecule has 5 nitrogen and oxygen atoms in total. The van der Waals surface area contributed by atoms with Crippen LogP contribution >= 0.6 is 0 Å². The molecule has 0 aliphatic heterocycles. The number of fused-ring (bicyclic) bond motifs is 1. The summed E-state index contributed by atoms with van der Waals surface area (Å²) >= 11 is 0. The lowest BCUT2D eigenvalue weighted by molar-refractivity contribution is 0.388. The Hall–Kier alpha value is -2.43. The number of rotatable bonds is 1. The van der Waals surface area contributed by atoms with Gasteiger partial charge in [0.2, 0.25) is 5.82 Å². The lowest BCUT2D eigenvalue weighted by atomic mass is 10.1. The fourth-order valence-electron chi connectivity index (χ4n) is 1.64. The third-order valence-corrected chi connectivity index (χ3v) is 2.34.